The van der Waals surface area contributed by atoms with Crippen molar-refractivity contribution in [2.75, 3.05) is 19.7 Å². The number of carbonyl (C=O) groups excluding carboxylic acids is 2. The van der Waals surface area contributed by atoms with Gasteiger partial charge in [0.05, 0.1) is 17.2 Å². The molecular formula is C13H15ClFNO3. The van der Waals surface area contributed by atoms with Crippen LogP contribution in [0.4, 0.5) is 4.39 Å². The second-order valence-corrected chi connectivity index (χ2v) is 4.13. The van der Waals surface area contributed by atoms with Crippen LogP contribution < -0.4 is 0 Å². The SMILES string of the molecule is CCOC(=O)CN(CC)C(=O)c1cccc(Cl)c1F. The third-order valence-electron chi connectivity index (χ3n) is 2.48. The second kappa shape index (κ2) is 7.09. The van der Waals surface area contributed by atoms with Crippen molar-refractivity contribution in [2.45, 2.75) is 13.8 Å². The number of likely N-dealkylation sites (N-methyl/N-ethyl adjacent to an activating group) is 1. The zero-order valence-corrected chi connectivity index (χ0v) is 11.5. The number of rotatable bonds is 5. The third kappa shape index (κ3) is 3.92. The Labute approximate surface area is 116 Å². The molecule has 0 radical (unpaired) electrons. The van der Waals surface area contributed by atoms with Crippen LogP contribution in [-0.4, -0.2) is 36.5 Å². The maximum atomic E-state index is 13.7. The maximum Gasteiger partial charge on any atom is 0.325 e. The Morgan fingerprint density at radius 3 is 2.63 bits per heavy atom. The minimum Gasteiger partial charge on any atom is -0.465 e. The Morgan fingerprint density at radius 1 is 1.37 bits per heavy atom. The lowest BCUT2D eigenvalue weighted by molar-refractivity contribution is -0.143. The van der Waals surface area contributed by atoms with Crippen molar-refractivity contribution >= 4 is 23.5 Å². The number of amides is 1. The van der Waals surface area contributed by atoms with Crippen LogP contribution in [0, 0.1) is 5.82 Å². The van der Waals surface area contributed by atoms with Crippen molar-refractivity contribution in [2.24, 2.45) is 0 Å². The number of esters is 1. The molecule has 0 aliphatic heterocycles. The van der Waals surface area contributed by atoms with Crippen LogP contribution in [0.15, 0.2) is 18.2 Å². The van der Waals surface area contributed by atoms with Gasteiger partial charge >= 0.3 is 5.97 Å². The normalized spacial score (nSPS) is 10.1. The summed E-state index contributed by atoms with van der Waals surface area (Å²) in [5.41, 5.74) is -0.154. The number of halogens is 2. The zero-order chi connectivity index (χ0) is 14.4. The number of hydrogen-bond donors (Lipinski definition) is 0. The first-order valence-corrected chi connectivity index (χ1v) is 6.27. The van der Waals surface area contributed by atoms with Crippen LogP contribution in [-0.2, 0) is 9.53 Å². The average molecular weight is 288 g/mol. The Bertz CT molecular complexity index is 479. The smallest absolute Gasteiger partial charge is 0.325 e. The molecule has 0 aliphatic carbocycles. The van der Waals surface area contributed by atoms with Crippen molar-refractivity contribution in [1.82, 2.24) is 4.90 Å². The van der Waals surface area contributed by atoms with E-state index in [-0.39, 0.29) is 30.3 Å². The van der Waals surface area contributed by atoms with Crippen molar-refractivity contribution in [3.8, 4) is 0 Å². The minimum absolute atomic E-state index is 0.127. The Kier molecular flexibility index (Phi) is 5.76. The topological polar surface area (TPSA) is 46.6 Å². The fraction of sp³-hybridized carbons (Fsp3) is 0.385. The molecule has 1 aromatic carbocycles. The lowest BCUT2D eigenvalue weighted by atomic mass is 10.2. The van der Waals surface area contributed by atoms with Crippen molar-refractivity contribution in [3.63, 3.8) is 0 Å². The molecule has 104 valence electrons. The van der Waals surface area contributed by atoms with E-state index in [1.807, 2.05) is 0 Å². The van der Waals surface area contributed by atoms with E-state index in [1.165, 1.54) is 23.1 Å². The van der Waals surface area contributed by atoms with Gasteiger partial charge in [-0.05, 0) is 26.0 Å². The summed E-state index contributed by atoms with van der Waals surface area (Å²) in [7, 11) is 0. The highest BCUT2D eigenvalue weighted by Gasteiger charge is 2.21. The number of benzene rings is 1. The van der Waals surface area contributed by atoms with E-state index in [1.54, 1.807) is 13.8 Å². The van der Waals surface area contributed by atoms with Gasteiger partial charge in [-0.25, -0.2) is 4.39 Å². The van der Waals surface area contributed by atoms with Crippen LogP contribution in [0.25, 0.3) is 0 Å². The quantitative estimate of drug-likeness (QED) is 0.782. The Hall–Kier alpha value is -1.62. The molecule has 1 amide bonds. The molecule has 1 aromatic rings. The second-order valence-electron chi connectivity index (χ2n) is 3.73. The predicted octanol–water partition coefficient (Wildman–Crippen LogP) is 2.50. The number of ether oxygens (including phenoxy) is 1. The van der Waals surface area contributed by atoms with E-state index >= 15 is 0 Å². The Morgan fingerprint density at radius 2 is 2.05 bits per heavy atom. The largest absolute Gasteiger partial charge is 0.465 e. The van der Waals surface area contributed by atoms with Gasteiger partial charge in [0, 0.05) is 6.54 Å². The molecular weight excluding hydrogens is 273 g/mol. The molecule has 0 heterocycles. The molecule has 0 unspecified atom stereocenters. The van der Waals surface area contributed by atoms with E-state index in [0.717, 1.165) is 0 Å². The van der Waals surface area contributed by atoms with Crippen molar-refractivity contribution in [1.29, 1.82) is 0 Å². The van der Waals surface area contributed by atoms with Crippen LogP contribution in [0.2, 0.25) is 5.02 Å². The number of nitrogens with zero attached hydrogens (tertiary/aromatic N) is 1. The predicted molar refractivity (Wildman–Crippen MR) is 69.6 cm³/mol. The molecule has 0 saturated heterocycles. The van der Waals surface area contributed by atoms with Crippen molar-refractivity contribution in [3.05, 3.63) is 34.6 Å². The van der Waals surface area contributed by atoms with Gasteiger partial charge in [-0.2, -0.15) is 0 Å². The van der Waals surface area contributed by atoms with Gasteiger partial charge in [-0.1, -0.05) is 17.7 Å². The van der Waals surface area contributed by atoms with Gasteiger partial charge in [0.2, 0.25) is 0 Å². The molecule has 0 saturated carbocycles. The van der Waals surface area contributed by atoms with E-state index in [2.05, 4.69) is 0 Å². The molecule has 0 bridgehead atoms. The molecule has 0 fully saturated rings. The molecule has 0 N–H and O–H groups in total. The highest BCUT2D eigenvalue weighted by molar-refractivity contribution is 6.31. The zero-order valence-electron chi connectivity index (χ0n) is 10.8. The van der Waals surface area contributed by atoms with Gasteiger partial charge < -0.3 is 9.64 Å². The van der Waals surface area contributed by atoms with Gasteiger partial charge in [0.25, 0.3) is 5.91 Å². The molecule has 0 aromatic heterocycles. The fourth-order valence-corrected chi connectivity index (χ4v) is 1.70. The van der Waals surface area contributed by atoms with E-state index < -0.39 is 17.7 Å². The fourth-order valence-electron chi connectivity index (χ4n) is 1.53. The minimum atomic E-state index is -0.781. The molecule has 0 atom stereocenters. The van der Waals surface area contributed by atoms with E-state index in [9.17, 15) is 14.0 Å². The highest BCUT2D eigenvalue weighted by Crippen LogP contribution is 2.19. The van der Waals surface area contributed by atoms with Crippen LogP contribution >= 0.6 is 11.6 Å². The highest BCUT2D eigenvalue weighted by atomic mass is 35.5. The summed E-state index contributed by atoms with van der Waals surface area (Å²) >= 11 is 5.62. The van der Waals surface area contributed by atoms with Crippen molar-refractivity contribution < 1.29 is 18.7 Å². The van der Waals surface area contributed by atoms with Crippen LogP contribution in [0.3, 0.4) is 0 Å². The molecule has 1 rings (SSSR count). The lowest BCUT2D eigenvalue weighted by Gasteiger charge is -2.20. The summed E-state index contributed by atoms with van der Waals surface area (Å²) in [5, 5.41) is -0.127. The van der Waals surface area contributed by atoms with E-state index in [0.29, 0.717) is 0 Å². The maximum absolute atomic E-state index is 13.7. The summed E-state index contributed by atoms with van der Waals surface area (Å²) in [4.78, 5) is 24.7. The molecule has 19 heavy (non-hydrogen) atoms. The summed E-state index contributed by atoms with van der Waals surface area (Å²) in [6.45, 7) is 3.65. The Balaban J connectivity index is 2.89. The van der Waals surface area contributed by atoms with E-state index in [4.69, 9.17) is 16.3 Å². The lowest BCUT2D eigenvalue weighted by Crippen LogP contribution is -2.36. The number of hydrogen-bond acceptors (Lipinski definition) is 3. The van der Waals surface area contributed by atoms with Crippen LogP contribution in [0.5, 0.6) is 0 Å². The molecule has 0 aliphatic rings. The van der Waals surface area contributed by atoms with Gasteiger partial charge in [-0.15, -0.1) is 0 Å². The monoisotopic (exact) mass is 287 g/mol. The first kappa shape index (κ1) is 15.4. The van der Waals surface area contributed by atoms with Crippen LogP contribution in [0.1, 0.15) is 24.2 Å². The standard InChI is InChI=1S/C13H15ClFNO3/c1-3-16(8-11(17)19-4-2)13(18)9-6-5-7-10(14)12(9)15/h5-7H,3-4,8H2,1-2H3. The summed E-state index contributed by atoms with van der Waals surface area (Å²) in [6.07, 6.45) is 0. The molecule has 6 heteroatoms. The first-order chi connectivity index (χ1) is 9.01. The average Bonchev–Trinajstić information content (AvgIpc) is 2.39. The molecule has 0 spiro atoms. The molecule has 4 nitrogen and oxygen atoms in total. The van der Waals surface area contributed by atoms with Gasteiger partial charge in [0.15, 0.2) is 5.82 Å². The first-order valence-electron chi connectivity index (χ1n) is 5.90. The van der Waals surface area contributed by atoms with Gasteiger partial charge in [0.1, 0.15) is 6.54 Å². The van der Waals surface area contributed by atoms with Gasteiger partial charge in [-0.3, -0.25) is 9.59 Å². The summed E-state index contributed by atoms with van der Waals surface area (Å²) < 4.78 is 18.5. The summed E-state index contributed by atoms with van der Waals surface area (Å²) in [5.74, 6) is -1.90. The number of carbonyl (C=O) groups is 2. The summed E-state index contributed by atoms with van der Waals surface area (Å²) in [6, 6.07) is 4.17. The third-order valence-corrected chi connectivity index (χ3v) is 2.77.